The predicted molar refractivity (Wildman–Crippen MR) is 68.4 cm³/mol. The van der Waals surface area contributed by atoms with Crippen molar-refractivity contribution >= 4 is 21.6 Å². The van der Waals surface area contributed by atoms with Crippen molar-refractivity contribution in [1.29, 1.82) is 0 Å². The molecule has 0 radical (unpaired) electrons. The Morgan fingerprint density at radius 1 is 1.53 bits per heavy atom. The Morgan fingerprint density at radius 3 is 3.07 bits per heavy atom. The predicted octanol–water partition coefficient (Wildman–Crippen LogP) is 2.72. The Kier molecular flexibility index (Phi) is 3.32. The van der Waals surface area contributed by atoms with Crippen molar-refractivity contribution in [3.8, 4) is 0 Å². The summed E-state index contributed by atoms with van der Waals surface area (Å²) in [5.41, 5.74) is 8.48. The van der Waals surface area contributed by atoms with Crippen LogP contribution in [0.4, 0.5) is 5.69 Å². The lowest BCUT2D eigenvalue weighted by atomic mass is 9.88. The molecule has 1 aliphatic rings. The fraction of sp³-hybridized carbons (Fsp3) is 0.500. The second-order valence-corrected chi connectivity index (χ2v) is 5.10. The smallest absolute Gasteiger partial charge is 0.0399 e. The van der Waals surface area contributed by atoms with E-state index in [0.717, 1.165) is 19.5 Å². The maximum absolute atomic E-state index is 5.66. The fourth-order valence-corrected chi connectivity index (χ4v) is 2.71. The third kappa shape index (κ3) is 2.18. The Morgan fingerprint density at radius 2 is 2.33 bits per heavy atom. The van der Waals surface area contributed by atoms with Crippen molar-refractivity contribution in [1.82, 2.24) is 0 Å². The second kappa shape index (κ2) is 4.54. The summed E-state index contributed by atoms with van der Waals surface area (Å²) in [5, 5.41) is 0. The third-order valence-corrected chi connectivity index (χ3v) is 3.66. The molecular weight excluding hydrogens is 252 g/mol. The van der Waals surface area contributed by atoms with Gasteiger partial charge in [-0.1, -0.05) is 15.9 Å². The number of rotatable bonds is 2. The van der Waals surface area contributed by atoms with Crippen LogP contribution in [0.2, 0.25) is 0 Å². The minimum Gasteiger partial charge on any atom is -0.374 e. The number of halogens is 1. The second-order valence-electron chi connectivity index (χ2n) is 4.19. The zero-order valence-electron chi connectivity index (χ0n) is 9.04. The molecular formula is C12H17BrN2. The zero-order valence-corrected chi connectivity index (χ0v) is 10.6. The van der Waals surface area contributed by atoms with Crippen LogP contribution in [-0.2, 0) is 0 Å². The van der Waals surface area contributed by atoms with Crippen molar-refractivity contribution in [2.45, 2.75) is 18.8 Å². The number of nitrogens with two attached hydrogens (primary N) is 1. The number of benzene rings is 1. The van der Waals surface area contributed by atoms with Gasteiger partial charge in [-0.15, -0.1) is 0 Å². The average molecular weight is 269 g/mol. The number of nitrogens with zero attached hydrogens (tertiary/aromatic N) is 1. The Labute approximate surface area is 99.6 Å². The number of hydrogen-bond acceptors (Lipinski definition) is 2. The van der Waals surface area contributed by atoms with Crippen LogP contribution in [-0.4, -0.2) is 20.1 Å². The van der Waals surface area contributed by atoms with E-state index < -0.39 is 0 Å². The summed E-state index contributed by atoms with van der Waals surface area (Å²) in [5.74, 6) is 0.638. The lowest BCUT2D eigenvalue weighted by Gasteiger charge is -2.33. The summed E-state index contributed by atoms with van der Waals surface area (Å²) in [6.07, 6.45) is 2.31. The highest BCUT2D eigenvalue weighted by molar-refractivity contribution is 9.10. The molecule has 1 aromatic carbocycles. The molecule has 3 heteroatoms. The molecule has 2 nitrogen and oxygen atoms in total. The van der Waals surface area contributed by atoms with Crippen LogP contribution in [0.15, 0.2) is 22.7 Å². The van der Waals surface area contributed by atoms with Gasteiger partial charge in [0.2, 0.25) is 0 Å². The van der Waals surface area contributed by atoms with Gasteiger partial charge >= 0.3 is 0 Å². The van der Waals surface area contributed by atoms with Gasteiger partial charge in [0.1, 0.15) is 0 Å². The highest BCUT2D eigenvalue weighted by Crippen LogP contribution is 2.37. The molecule has 1 heterocycles. The Hall–Kier alpha value is -0.540. The molecule has 0 saturated carbocycles. The molecule has 1 aromatic rings. The van der Waals surface area contributed by atoms with Gasteiger partial charge < -0.3 is 10.6 Å². The number of hydrogen-bond donors (Lipinski definition) is 1. The summed E-state index contributed by atoms with van der Waals surface area (Å²) >= 11 is 3.54. The van der Waals surface area contributed by atoms with Gasteiger partial charge in [-0.25, -0.2) is 0 Å². The molecule has 0 bridgehead atoms. The van der Waals surface area contributed by atoms with Gasteiger partial charge in [-0.2, -0.15) is 0 Å². The molecule has 2 rings (SSSR count). The molecule has 0 aromatic heterocycles. The standard InChI is InChI=1S/C12H17BrN2/c1-15-7-5-9(4-6-14)11-8-10(13)2-3-12(11)15/h2-3,8-9H,4-7,14H2,1H3. The molecule has 2 N–H and O–H groups in total. The highest BCUT2D eigenvalue weighted by atomic mass is 79.9. The summed E-state index contributed by atoms with van der Waals surface area (Å²) in [6, 6.07) is 6.55. The van der Waals surface area contributed by atoms with Crippen molar-refractivity contribution in [3.05, 3.63) is 28.2 Å². The summed E-state index contributed by atoms with van der Waals surface area (Å²) in [4.78, 5) is 2.33. The highest BCUT2D eigenvalue weighted by Gasteiger charge is 2.22. The maximum atomic E-state index is 5.66. The quantitative estimate of drug-likeness (QED) is 0.894. The first kappa shape index (κ1) is 11.0. The van der Waals surface area contributed by atoms with E-state index >= 15 is 0 Å². The molecule has 15 heavy (non-hydrogen) atoms. The molecule has 0 saturated heterocycles. The first-order valence-electron chi connectivity index (χ1n) is 5.43. The molecule has 0 amide bonds. The monoisotopic (exact) mass is 268 g/mol. The Balaban J connectivity index is 2.37. The lowest BCUT2D eigenvalue weighted by molar-refractivity contribution is 0.560. The van der Waals surface area contributed by atoms with Gasteiger partial charge in [0.05, 0.1) is 0 Å². The van der Waals surface area contributed by atoms with Crippen molar-refractivity contribution in [2.24, 2.45) is 5.73 Å². The fourth-order valence-electron chi connectivity index (χ4n) is 2.33. The topological polar surface area (TPSA) is 29.3 Å². The van der Waals surface area contributed by atoms with Gasteiger partial charge in [0.15, 0.2) is 0 Å². The van der Waals surface area contributed by atoms with E-state index in [2.05, 4.69) is 46.1 Å². The van der Waals surface area contributed by atoms with E-state index in [4.69, 9.17) is 5.73 Å². The molecule has 0 aliphatic carbocycles. The number of anilines is 1. The van der Waals surface area contributed by atoms with Crippen LogP contribution in [0.5, 0.6) is 0 Å². The summed E-state index contributed by atoms with van der Waals surface area (Å²) in [7, 11) is 2.16. The van der Waals surface area contributed by atoms with E-state index in [1.54, 1.807) is 0 Å². The normalized spacial score (nSPS) is 20.2. The van der Waals surface area contributed by atoms with Crippen LogP contribution in [0.1, 0.15) is 24.3 Å². The molecule has 1 aliphatic heterocycles. The first-order chi connectivity index (χ1) is 7.22. The summed E-state index contributed by atoms with van der Waals surface area (Å²) in [6.45, 7) is 1.92. The van der Waals surface area contributed by atoms with Crippen molar-refractivity contribution in [2.75, 3.05) is 25.0 Å². The molecule has 1 unspecified atom stereocenters. The van der Waals surface area contributed by atoms with Gasteiger partial charge in [-0.05, 0) is 49.1 Å². The molecule has 82 valence electrons. The minimum atomic E-state index is 0.638. The van der Waals surface area contributed by atoms with Gasteiger partial charge in [0, 0.05) is 23.8 Å². The lowest BCUT2D eigenvalue weighted by Crippen LogP contribution is -2.28. The van der Waals surface area contributed by atoms with E-state index in [9.17, 15) is 0 Å². The van der Waals surface area contributed by atoms with Crippen LogP contribution in [0.25, 0.3) is 0 Å². The Bertz CT molecular complexity index is 351. The van der Waals surface area contributed by atoms with Gasteiger partial charge in [0.25, 0.3) is 0 Å². The van der Waals surface area contributed by atoms with Crippen molar-refractivity contribution < 1.29 is 0 Å². The largest absolute Gasteiger partial charge is 0.374 e. The van der Waals surface area contributed by atoms with Crippen LogP contribution in [0.3, 0.4) is 0 Å². The average Bonchev–Trinajstić information content (AvgIpc) is 2.22. The molecule has 1 atom stereocenters. The van der Waals surface area contributed by atoms with Gasteiger partial charge in [-0.3, -0.25) is 0 Å². The molecule has 0 spiro atoms. The van der Waals surface area contributed by atoms with Crippen LogP contribution >= 0.6 is 15.9 Å². The zero-order chi connectivity index (χ0) is 10.8. The van der Waals surface area contributed by atoms with Crippen molar-refractivity contribution in [3.63, 3.8) is 0 Å². The third-order valence-electron chi connectivity index (χ3n) is 3.17. The number of fused-ring (bicyclic) bond motifs is 1. The van der Waals surface area contributed by atoms with E-state index in [1.807, 2.05) is 0 Å². The van der Waals surface area contributed by atoms with Crippen LogP contribution < -0.4 is 10.6 Å². The van der Waals surface area contributed by atoms with E-state index in [1.165, 1.54) is 22.1 Å². The first-order valence-corrected chi connectivity index (χ1v) is 6.22. The maximum Gasteiger partial charge on any atom is 0.0399 e. The minimum absolute atomic E-state index is 0.638. The summed E-state index contributed by atoms with van der Waals surface area (Å²) < 4.78 is 1.17. The van der Waals surface area contributed by atoms with Crippen LogP contribution in [0, 0.1) is 0 Å². The molecule has 0 fully saturated rings. The van der Waals surface area contributed by atoms with E-state index in [0.29, 0.717) is 5.92 Å². The van der Waals surface area contributed by atoms with E-state index in [-0.39, 0.29) is 0 Å². The SMILES string of the molecule is CN1CCC(CCN)c2cc(Br)ccc21.